The van der Waals surface area contributed by atoms with E-state index in [1.165, 1.54) is 27.4 Å². The van der Waals surface area contributed by atoms with Gasteiger partial charge < -0.3 is 20.5 Å². The third-order valence-corrected chi connectivity index (χ3v) is 5.71. The predicted molar refractivity (Wildman–Crippen MR) is 133 cm³/mol. The van der Waals surface area contributed by atoms with E-state index < -0.39 is 0 Å². The molecule has 2 aromatic heterocycles. The number of fused-ring (bicyclic) bond motifs is 2. The minimum atomic E-state index is 0.752. The molecule has 0 aliphatic rings. The molecule has 2 aromatic carbocycles. The summed E-state index contributed by atoms with van der Waals surface area (Å²) < 4.78 is 2.14. The number of likely N-dealkylation sites (N-methyl/N-ethyl adjacent to an activating group) is 1. The zero-order chi connectivity index (χ0) is 22.0. The molecule has 0 aliphatic heterocycles. The number of rotatable bonds is 7. The Balaban J connectivity index is 1.85. The van der Waals surface area contributed by atoms with Crippen molar-refractivity contribution in [3.05, 3.63) is 78.9 Å². The fourth-order valence-corrected chi connectivity index (χ4v) is 4.11. The van der Waals surface area contributed by atoms with Crippen molar-refractivity contribution in [2.24, 2.45) is 7.05 Å². The highest BCUT2D eigenvalue weighted by molar-refractivity contribution is 6.01. The Morgan fingerprint density at radius 3 is 2.68 bits per heavy atom. The minimum Gasteiger partial charge on any atom is -0.394 e. The average molecular weight is 412 g/mol. The standard InChI is InChI=1S/C26H29N5/c1-17(29-4)24-16-31(5)26-10-9-19(11-22(24)26)21-8-6-7-18-12-25(30-15-23(18)21)20(13-27-2)14-28-3/h6-13,15-16,27-29H,1,14H2,2-5H3/b20-13+. The lowest BCUT2D eigenvalue weighted by atomic mass is 9.97. The van der Waals surface area contributed by atoms with Crippen LogP contribution in [0.5, 0.6) is 0 Å². The topological polar surface area (TPSA) is 53.9 Å². The van der Waals surface area contributed by atoms with E-state index in [4.69, 9.17) is 4.98 Å². The summed E-state index contributed by atoms with van der Waals surface area (Å²) in [5.74, 6) is 0. The van der Waals surface area contributed by atoms with Crippen LogP contribution in [0.4, 0.5) is 0 Å². The number of aryl methyl sites for hydroxylation is 1. The summed E-state index contributed by atoms with van der Waals surface area (Å²) in [6, 6.07) is 15.2. The minimum absolute atomic E-state index is 0.752. The number of pyridine rings is 1. The molecule has 0 fully saturated rings. The van der Waals surface area contributed by atoms with Crippen molar-refractivity contribution in [3.63, 3.8) is 0 Å². The van der Waals surface area contributed by atoms with Gasteiger partial charge in [-0.25, -0.2) is 0 Å². The Morgan fingerprint density at radius 2 is 1.94 bits per heavy atom. The summed E-state index contributed by atoms with van der Waals surface area (Å²) in [5, 5.41) is 13.0. The molecule has 4 aromatic rings. The zero-order valence-electron chi connectivity index (χ0n) is 18.6. The van der Waals surface area contributed by atoms with Crippen molar-refractivity contribution >= 4 is 32.9 Å². The van der Waals surface area contributed by atoms with Crippen molar-refractivity contribution in [1.29, 1.82) is 0 Å². The van der Waals surface area contributed by atoms with Crippen molar-refractivity contribution in [2.45, 2.75) is 0 Å². The quantitative estimate of drug-likeness (QED) is 0.423. The molecular weight excluding hydrogens is 382 g/mol. The highest BCUT2D eigenvalue weighted by Gasteiger charge is 2.12. The molecule has 158 valence electrons. The number of aromatic nitrogens is 2. The summed E-state index contributed by atoms with van der Waals surface area (Å²) in [6.45, 7) is 4.92. The molecule has 0 amide bonds. The first kappa shape index (κ1) is 20.7. The largest absolute Gasteiger partial charge is 0.394 e. The lowest BCUT2D eigenvalue weighted by Crippen LogP contribution is -2.12. The molecule has 31 heavy (non-hydrogen) atoms. The smallest absolute Gasteiger partial charge is 0.0695 e. The van der Waals surface area contributed by atoms with Gasteiger partial charge in [-0.15, -0.1) is 0 Å². The van der Waals surface area contributed by atoms with E-state index >= 15 is 0 Å². The molecule has 0 unspecified atom stereocenters. The molecule has 3 N–H and O–H groups in total. The molecule has 5 heteroatoms. The van der Waals surface area contributed by atoms with E-state index in [1.807, 2.05) is 33.5 Å². The zero-order valence-corrected chi connectivity index (χ0v) is 18.6. The molecule has 0 spiro atoms. The summed E-state index contributed by atoms with van der Waals surface area (Å²) in [6.07, 6.45) is 6.11. The van der Waals surface area contributed by atoms with Gasteiger partial charge in [0.25, 0.3) is 0 Å². The molecule has 4 rings (SSSR count). The molecule has 0 aliphatic carbocycles. The molecule has 2 heterocycles. The number of nitrogens with one attached hydrogen (secondary N) is 3. The van der Waals surface area contributed by atoms with Crippen LogP contribution in [0, 0.1) is 0 Å². The Hall–Kier alpha value is -3.57. The van der Waals surface area contributed by atoms with Crippen LogP contribution in [0.3, 0.4) is 0 Å². The maximum atomic E-state index is 4.78. The van der Waals surface area contributed by atoms with Crippen LogP contribution in [0.2, 0.25) is 0 Å². The number of benzene rings is 2. The third kappa shape index (κ3) is 3.80. The van der Waals surface area contributed by atoms with Crippen LogP contribution in [0.1, 0.15) is 11.3 Å². The first-order valence-corrected chi connectivity index (χ1v) is 10.4. The molecular formula is C26H29N5. The summed E-state index contributed by atoms with van der Waals surface area (Å²) in [7, 11) is 7.83. The van der Waals surface area contributed by atoms with Gasteiger partial charge in [0.2, 0.25) is 0 Å². The third-order valence-electron chi connectivity index (χ3n) is 5.71. The Bertz CT molecular complexity index is 1300. The Morgan fingerprint density at radius 1 is 1.10 bits per heavy atom. The van der Waals surface area contributed by atoms with Crippen molar-refractivity contribution in [2.75, 3.05) is 27.7 Å². The highest BCUT2D eigenvalue weighted by Crippen LogP contribution is 2.33. The van der Waals surface area contributed by atoms with Crippen LogP contribution < -0.4 is 16.0 Å². The van der Waals surface area contributed by atoms with Crippen LogP contribution in [-0.4, -0.2) is 37.2 Å². The average Bonchev–Trinajstić information content (AvgIpc) is 3.13. The first-order valence-electron chi connectivity index (χ1n) is 10.4. The van der Waals surface area contributed by atoms with Crippen LogP contribution in [0.15, 0.2) is 67.6 Å². The van der Waals surface area contributed by atoms with Crippen molar-refractivity contribution in [3.8, 4) is 11.1 Å². The normalized spacial score (nSPS) is 11.8. The van der Waals surface area contributed by atoms with E-state index in [2.05, 4.69) is 82.8 Å². The summed E-state index contributed by atoms with van der Waals surface area (Å²) in [4.78, 5) is 4.78. The fourth-order valence-electron chi connectivity index (χ4n) is 4.11. The van der Waals surface area contributed by atoms with E-state index in [-0.39, 0.29) is 0 Å². The van der Waals surface area contributed by atoms with E-state index in [0.29, 0.717) is 0 Å². The second-order valence-electron chi connectivity index (χ2n) is 7.70. The van der Waals surface area contributed by atoms with E-state index in [9.17, 15) is 0 Å². The second-order valence-corrected chi connectivity index (χ2v) is 7.70. The number of nitrogens with zero attached hydrogens (tertiary/aromatic N) is 2. The molecule has 0 radical (unpaired) electrons. The van der Waals surface area contributed by atoms with Crippen LogP contribution in [-0.2, 0) is 7.05 Å². The number of hydrogen-bond donors (Lipinski definition) is 3. The molecule has 0 atom stereocenters. The Kier molecular flexibility index (Phi) is 5.78. The van der Waals surface area contributed by atoms with Gasteiger partial charge in [-0.3, -0.25) is 4.98 Å². The molecule has 0 bridgehead atoms. The molecule has 0 saturated carbocycles. The van der Waals surface area contributed by atoms with Crippen LogP contribution >= 0.6 is 0 Å². The van der Waals surface area contributed by atoms with Gasteiger partial charge >= 0.3 is 0 Å². The Labute approximate surface area is 183 Å². The fraction of sp³-hybridized carbons (Fsp3) is 0.192. The monoisotopic (exact) mass is 411 g/mol. The van der Waals surface area contributed by atoms with Gasteiger partial charge in [-0.2, -0.15) is 0 Å². The SMILES string of the molecule is C=C(NC)c1cn(C)c2ccc(-c3cccc4cc(/C(=C/NC)CNC)ncc34)cc12. The van der Waals surface area contributed by atoms with Gasteiger partial charge in [0, 0.05) is 79.4 Å². The maximum Gasteiger partial charge on any atom is 0.0695 e. The van der Waals surface area contributed by atoms with Gasteiger partial charge in [-0.1, -0.05) is 30.8 Å². The van der Waals surface area contributed by atoms with Gasteiger partial charge in [0.05, 0.1) is 5.69 Å². The van der Waals surface area contributed by atoms with Gasteiger partial charge in [0.1, 0.15) is 0 Å². The highest BCUT2D eigenvalue weighted by atomic mass is 14.9. The maximum absolute atomic E-state index is 4.78. The van der Waals surface area contributed by atoms with Crippen LogP contribution in [0.25, 0.3) is 44.1 Å². The van der Waals surface area contributed by atoms with Gasteiger partial charge in [-0.05, 0) is 41.8 Å². The van der Waals surface area contributed by atoms with Gasteiger partial charge in [0.15, 0.2) is 0 Å². The van der Waals surface area contributed by atoms with E-state index in [1.54, 1.807) is 0 Å². The second kappa shape index (κ2) is 8.66. The predicted octanol–water partition coefficient (Wildman–Crippen LogP) is 4.36. The summed E-state index contributed by atoms with van der Waals surface area (Å²) in [5.41, 5.74) is 7.67. The van der Waals surface area contributed by atoms with Crippen molar-refractivity contribution < 1.29 is 0 Å². The lowest BCUT2D eigenvalue weighted by Gasteiger charge is -2.11. The molecule has 5 nitrogen and oxygen atoms in total. The van der Waals surface area contributed by atoms with E-state index in [0.717, 1.165) is 34.5 Å². The molecule has 0 saturated heterocycles. The first-order chi connectivity index (χ1) is 15.1. The number of hydrogen-bond acceptors (Lipinski definition) is 4. The van der Waals surface area contributed by atoms with Crippen molar-refractivity contribution in [1.82, 2.24) is 25.5 Å². The lowest BCUT2D eigenvalue weighted by molar-refractivity contribution is 0.918. The summed E-state index contributed by atoms with van der Waals surface area (Å²) >= 11 is 0.